The van der Waals surface area contributed by atoms with Crippen molar-refractivity contribution in [3.05, 3.63) is 46.9 Å². The molecule has 0 spiro atoms. The van der Waals surface area contributed by atoms with Crippen molar-refractivity contribution in [2.45, 2.75) is 59.4 Å². The first kappa shape index (κ1) is 18.4. The smallest absolute Gasteiger partial charge is 0.274 e. The van der Waals surface area contributed by atoms with E-state index in [4.69, 9.17) is 0 Å². The number of hydrogen-bond acceptors (Lipinski definition) is 4. The molecule has 1 aromatic carbocycles. The zero-order valence-electron chi connectivity index (χ0n) is 16.2. The summed E-state index contributed by atoms with van der Waals surface area (Å²) in [6.45, 7) is 9.10. The number of nitrogens with zero attached hydrogens (tertiary/aromatic N) is 3. The molecule has 0 saturated carbocycles. The molecule has 1 aliphatic heterocycles. The lowest BCUT2D eigenvalue weighted by Crippen LogP contribution is -2.40. The molecule has 2 heterocycles. The summed E-state index contributed by atoms with van der Waals surface area (Å²) in [4.78, 5) is 24.1. The lowest BCUT2D eigenvalue weighted by Gasteiger charge is -2.36. The maximum absolute atomic E-state index is 12.8. The van der Waals surface area contributed by atoms with Gasteiger partial charge < -0.3 is 10.2 Å². The third kappa shape index (κ3) is 4.03. The van der Waals surface area contributed by atoms with Crippen molar-refractivity contribution < 1.29 is 4.79 Å². The Hall–Kier alpha value is -2.43. The predicted octanol–water partition coefficient (Wildman–Crippen LogP) is 4.42. The molecular formula is C21H28N4O. The molecule has 1 saturated heterocycles. The van der Waals surface area contributed by atoms with E-state index in [-0.39, 0.29) is 5.91 Å². The highest BCUT2D eigenvalue weighted by atomic mass is 16.1. The molecule has 5 heteroatoms. The van der Waals surface area contributed by atoms with Crippen molar-refractivity contribution in [1.29, 1.82) is 0 Å². The third-order valence-electron chi connectivity index (χ3n) is 5.08. The summed E-state index contributed by atoms with van der Waals surface area (Å²) in [7, 11) is 0. The van der Waals surface area contributed by atoms with Crippen LogP contribution in [0.2, 0.25) is 0 Å². The van der Waals surface area contributed by atoms with Crippen LogP contribution in [0.3, 0.4) is 0 Å². The van der Waals surface area contributed by atoms with E-state index in [0.717, 1.165) is 30.0 Å². The lowest BCUT2D eigenvalue weighted by atomic mass is 10.00. The molecule has 138 valence electrons. The molecule has 1 N–H and O–H groups in total. The van der Waals surface area contributed by atoms with Crippen LogP contribution in [0.15, 0.2) is 24.3 Å². The normalized spacial score (nSPS) is 17.2. The molecule has 0 aliphatic carbocycles. The van der Waals surface area contributed by atoms with Crippen molar-refractivity contribution in [2.75, 3.05) is 16.8 Å². The van der Waals surface area contributed by atoms with Gasteiger partial charge in [0.15, 0.2) is 0 Å². The highest BCUT2D eigenvalue weighted by Gasteiger charge is 2.23. The molecule has 1 aromatic heterocycles. The van der Waals surface area contributed by atoms with E-state index in [0.29, 0.717) is 17.6 Å². The minimum atomic E-state index is -0.186. The molecule has 1 unspecified atom stereocenters. The Bertz CT molecular complexity index is 803. The van der Waals surface area contributed by atoms with E-state index >= 15 is 0 Å². The average Bonchev–Trinajstić information content (AvgIpc) is 2.63. The number of amides is 1. The second-order valence-corrected chi connectivity index (χ2v) is 7.18. The molecule has 5 nitrogen and oxygen atoms in total. The number of piperidine rings is 1. The van der Waals surface area contributed by atoms with Crippen LogP contribution in [-0.2, 0) is 0 Å². The van der Waals surface area contributed by atoms with Crippen molar-refractivity contribution >= 4 is 17.4 Å². The van der Waals surface area contributed by atoms with Gasteiger partial charge in [-0.3, -0.25) is 4.79 Å². The van der Waals surface area contributed by atoms with Crippen LogP contribution >= 0.6 is 0 Å². The minimum absolute atomic E-state index is 0.186. The van der Waals surface area contributed by atoms with Crippen molar-refractivity contribution in [2.24, 2.45) is 0 Å². The van der Waals surface area contributed by atoms with E-state index in [9.17, 15) is 4.79 Å². The lowest BCUT2D eigenvalue weighted by molar-refractivity contribution is 0.102. The van der Waals surface area contributed by atoms with Gasteiger partial charge in [0.2, 0.25) is 0 Å². The van der Waals surface area contributed by atoms with Gasteiger partial charge in [-0.05, 0) is 58.1 Å². The first-order chi connectivity index (χ1) is 12.5. The van der Waals surface area contributed by atoms with Gasteiger partial charge in [0, 0.05) is 24.3 Å². The van der Waals surface area contributed by atoms with Gasteiger partial charge in [0.1, 0.15) is 17.3 Å². The number of benzene rings is 1. The molecule has 1 amide bonds. The number of aryl methyl sites for hydroxylation is 3. The van der Waals surface area contributed by atoms with Gasteiger partial charge in [-0.2, -0.15) is 0 Å². The van der Waals surface area contributed by atoms with Crippen LogP contribution < -0.4 is 10.2 Å². The topological polar surface area (TPSA) is 58.1 Å². The number of rotatable bonds is 4. The summed E-state index contributed by atoms with van der Waals surface area (Å²) in [5, 5.41) is 2.99. The van der Waals surface area contributed by atoms with Crippen molar-refractivity contribution in [1.82, 2.24) is 9.97 Å². The second-order valence-electron chi connectivity index (χ2n) is 7.18. The Morgan fingerprint density at radius 3 is 2.73 bits per heavy atom. The molecule has 2 aromatic rings. The molecule has 1 atom stereocenters. The Morgan fingerprint density at radius 2 is 2.00 bits per heavy atom. The quantitative estimate of drug-likeness (QED) is 0.885. The summed E-state index contributed by atoms with van der Waals surface area (Å²) in [5.74, 6) is 1.32. The molecule has 0 bridgehead atoms. The summed E-state index contributed by atoms with van der Waals surface area (Å²) in [6.07, 6.45) is 4.71. The predicted molar refractivity (Wildman–Crippen MR) is 106 cm³/mol. The van der Waals surface area contributed by atoms with E-state index in [1.807, 2.05) is 39.0 Å². The molecule has 1 aliphatic rings. The standard InChI is InChI=1S/C21H28N4O/c1-5-17-8-6-7-11-25(17)20-13-19(22-16(4)23-20)21(26)24-18-10-9-14(2)12-15(18)3/h9-10,12-13,17H,5-8,11H2,1-4H3,(H,24,26). The largest absolute Gasteiger partial charge is 0.354 e. The molecular weight excluding hydrogens is 324 g/mol. The van der Waals surface area contributed by atoms with E-state index in [1.165, 1.54) is 24.8 Å². The van der Waals surface area contributed by atoms with Crippen LogP contribution in [0.1, 0.15) is 60.0 Å². The monoisotopic (exact) mass is 352 g/mol. The zero-order valence-corrected chi connectivity index (χ0v) is 16.2. The van der Waals surface area contributed by atoms with Gasteiger partial charge in [0.05, 0.1) is 0 Å². The van der Waals surface area contributed by atoms with Crippen molar-refractivity contribution in [3.8, 4) is 0 Å². The maximum Gasteiger partial charge on any atom is 0.274 e. The fraction of sp³-hybridized carbons (Fsp3) is 0.476. The fourth-order valence-corrected chi connectivity index (χ4v) is 3.68. The van der Waals surface area contributed by atoms with Gasteiger partial charge in [0.25, 0.3) is 5.91 Å². The molecule has 1 fully saturated rings. The number of aromatic nitrogens is 2. The number of nitrogens with one attached hydrogen (secondary N) is 1. The number of carbonyl (C=O) groups is 1. The number of carbonyl (C=O) groups excluding carboxylic acids is 1. The second kappa shape index (κ2) is 7.85. The molecule has 0 radical (unpaired) electrons. The Morgan fingerprint density at radius 1 is 1.19 bits per heavy atom. The summed E-state index contributed by atoms with van der Waals surface area (Å²) in [6, 6.07) is 8.33. The molecule has 26 heavy (non-hydrogen) atoms. The average molecular weight is 352 g/mol. The maximum atomic E-state index is 12.8. The SMILES string of the molecule is CCC1CCCCN1c1cc(C(=O)Nc2ccc(C)cc2C)nc(C)n1. The molecule has 3 rings (SSSR count). The van der Waals surface area contributed by atoms with Crippen LogP contribution in [0, 0.1) is 20.8 Å². The van der Waals surface area contributed by atoms with E-state index in [2.05, 4.69) is 33.2 Å². The van der Waals surface area contributed by atoms with E-state index < -0.39 is 0 Å². The fourth-order valence-electron chi connectivity index (χ4n) is 3.68. The van der Waals surface area contributed by atoms with Crippen LogP contribution in [0.4, 0.5) is 11.5 Å². The van der Waals surface area contributed by atoms with E-state index in [1.54, 1.807) is 0 Å². The first-order valence-corrected chi connectivity index (χ1v) is 9.49. The number of anilines is 2. The van der Waals surface area contributed by atoms with Crippen LogP contribution in [0.25, 0.3) is 0 Å². The van der Waals surface area contributed by atoms with Crippen molar-refractivity contribution in [3.63, 3.8) is 0 Å². The zero-order chi connectivity index (χ0) is 18.7. The highest BCUT2D eigenvalue weighted by molar-refractivity contribution is 6.03. The van der Waals surface area contributed by atoms with Crippen LogP contribution in [-0.4, -0.2) is 28.5 Å². The summed E-state index contributed by atoms with van der Waals surface area (Å²) < 4.78 is 0. The minimum Gasteiger partial charge on any atom is -0.354 e. The van der Waals surface area contributed by atoms with Gasteiger partial charge in [-0.1, -0.05) is 24.6 Å². The third-order valence-corrected chi connectivity index (χ3v) is 5.08. The van der Waals surface area contributed by atoms with Gasteiger partial charge in [-0.25, -0.2) is 9.97 Å². The summed E-state index contributed by atoms with van der Waals surface area (Å²) in [5.41, 5.74) is 3.47. The van der Waals surface area contributed by atoms with Crippen LogP contribution in [0.5, 0.6) is 0 Å². The van der Waals surface area contributed by atoms with Gasteiger partial charge >= 0.3 is 0 Å². The Balaban J connectivity index is 1.85. The first-order valence-electron chi connectivity index (χ1n) is 9.49. The van der Waals surface area contributed by atoms with Gasteiger partial charge in [-0.15, -0.1) is 0 Å². The number of hydrogen-bond donors (Lipinski definition) is 1. The Labute approximate surface area is 155 Å². The highest BCUT2D eigenvalue weighted by Crippen LogP contribution is 2.26. The summed E-state index contributed by atoms with van der Waals surface area (Å²) >= 11 is 0. The Kier molecular flexibility index (Phi) is 5.55.